The lowest BCUT2D eigenvalue weighted by molar-refractivity contribution is -0.274. The van der Waals surface area contributed by atoms with Gasteiger partial charge in [0.15, 0.2) is 0 Å². The Balaban J connectivity index is 2.03. The summed E-state index contributed by atoms with van der Waals surface area (Å²) in [5.74, 6) is -0.474. The topological polar surface area (TPSA) is 71.8 Å². The van der Waals surface area contributed by atoms with Gasteiger partial charge in [0.1, 0.15) is 11.5 Å². The first-order valence-corrected chi connectivity index (χ1v) is 8.72. The highest BCUT2D eigenvalue weighted by Gasteiger charge is 2.52. The van der Waals surface area contributed by atoms with Crippen molar-refractivity contribution in [3.8, 4) is 17.2 Å². The van der Waals surface area contributed by atoms with Crippen molar-refractivity contribution in [1.82, 2.24) is 9.78 Å². The van der Waals surface area contributed by atoms with E-state index in [1.807, 2.05) is 27.7 Å². The summed E-state index contributed by atoms with van der Waals surface area (Å²) >= 11 is 0. The largest absolute Gasteiger partial charge is 0.573 e. The van der Waals surface area contributed by atoms with Crippen molar-refractivity contribution in [2.45, 2.75) is 45.3 Å². The third kappa shape index (κ3) is 4.40. The first-order valence-electron chi connectivity index (χ1n) is 8.72. The molecule has 2 heterocycles. The van der Waals surface area contributed by atoms with E-state index in [9.17, 15) is 18.0 Å². The summed E-state index contributed by atoms with van der Waals surface area (Å²) in [5, 5.41) is 4.23. The molecule has 1 aliphatic rings. The number of halogens is 3. The van der Waals surface area contributed by atoms with Crippen molar-refractivity contribution in [2.75, 3.05) is 7.11 Å². The second kappa shape index (κ2) is 7.07. The SMILES string of the molecule is COc1cc(OC(F)(F)F)cc(-n2nc(B3OC(C)(C)C(C)(C)O3)ccc2=O)c1. The fraction of sp³-hybridized carbons (Fsp3) is 0.444. The molecule has 0 unspecified atom stereocenters. The molecule has 1 aromatic carbocycles. The van der Waals surface area contributed by atoms with Crippen LogP contribution in [0.1, 0.15) is 27.7 Å². The third-order valence-electron chi connectivity index (χ3n) is 4.89. The normalized spacial score (nSPS) is 18.0. The molecule has 0 saturated carbocycles. The number of hydrogen-bond acceptors (Lipinski definition) is 6. The van der Waals surface area contributed by atoms with E-state index >= 15 is 0 Å². The first kappa shape index (κ1) is 21.2. The summed E-state index contributed by atoms with van der Waals surface area (Å²) in [7, 11) is 0.441. The summed E-state index contributed by atoms with van der Waals surface area (Å²) in [4.78, 5) is 12.4. The van der Waals surface area contributed by atoms with Crippen molar-refractivity contribution < 1.29 is 32.0 Å². The van der Waals surface area contributed by atoms with Crippen LogP contribution in [0.3, 0.4) is 0 Å². The molecule has 0 spiro atoms. The monoisotopic (exact) mass is 412 g/mol. The fourth-order valence-electron chi connectivity index (χ4n) is 2.69. The Labute approximate surface area is 165 Å². The van der Waals surface area contributed by atoms with Crippen LogP contribution >= 0.6 is 0 Å². The number of methoxy groups -OCH3 is 1. The molecule has 0 N–H and O–H groups in total. The van der Waals surface area contributed by atoms with E-state index in [0.717, 1.165) is 16.8 Å². The van der Waals surface area contributed by atoms with Gasteiger partial charge < -0.3 is 18.8 Å². The van der Waals surface area contributed by atoms with Gasteiger partial charge >= 0.3 is 13.5 Å². The zero-order valence-electron chi connectivity index (χ0n) is 16.5. The highest BCUT2D eigenvalue weighted by Crippen LogP contribution is 2.36. The van der Waals surface area contributed by atoms with Gasteiger partial charge in [-0.3, -0.25) is 4.79 Å². The maximum atomic E-state index is 12.6. The lowest BCUT2D eigenvalue weighted by atomic mass is 9.85. The van der Waals surface area contributed by atoms with Gasteiger partial charge in [-0.05, 0) is 33.8 Å². The van der Waals surface area contributed by atoms with Crippen molar-refractivity contribution in [3.05, 3.63) is 40.7 Å². The van der Waals surface area contributed by atoms with Crippen LogP contribution in [0.15, 0.2) is 35.1 Å². The molecule has 7 nitrogen and oxygen atoms in total. The number of nitrogens with zero attached hydrogens (tertiary/aromatic N) is 2. The number of ether oxygens (including phenoxy) is 2. The van der Waals surface area contributed by atoms with Crippen LogP contribution in [0, 0.1) is 0 Å². The molecular weight excluding hydrogens is 392 g/mol. The summed E-state index contributed by atoms with van der Waals surface area (Å²) in [6.07, 6.45) is -4.90. The van der Waals surface area contributed by atoms with Gasteiger partial charge in [0, 0.05) is 24.3 Å². The van der Waals surface area contributed by atoms with E-state index in [2.05, 4.69) is 9.84 Å². The van der Waals surface area contributed by atoms with Crippen LogP contribution in [0.2, 0.25) is 0 Å². The molecule has 3 rings (SSSR count). The minimum Gasteiger partial charge on any atom is -0.497 e. The second-order valence-corrected chi connectivity index (χ2v) is 7.51. The lowest BCUT2D eigenvalue weighted by Gasteiger charge is -2.32. The van der Waals surface area contributed by atoms with E-state index in [1.54, 1.807) is 0 Å². The molecule has 11 heteroatoms. The molecule has 0 aliphatic carbocycles. The fourth-order valence-corrected chi connectivity index (χ4v) is 2.69. The molecule has 2 aromatic rings. The molecule has 1 fully saturated rings. The Bertz CT molecular complexity index is 959. The Hall–Kier alpha value is -2.53. The molecule has 1 saturated heterocycles. The standard InChI is InChI=1S/C18H20BF3N2O5/c1-16(2)17(3,4)29-19(28-16)14-6-7-15(25)24(23-14)11-8-12(26-5)10-13(9-11)27-18(20,21)22/h6-10H,1-5H3. The van der Waals surface area contributed by atoms with Gasteiger partial charge in [-0.15, -0.1) is 13.2 Å². The van der Waals surface area contributed by atoms with Crippen LogP contribution in [-0.4, -0.2) is 41.6 Å². The van der Waals surface area contributed by atoms with E-state index in [0.29, 0.717) is 5.59 Å². The molecule has 1 aliphatic heterocycles. The summed E-state index contributed by atoms with van der Waals surface area (Å²) in [5.41, 5.74) is -1.47. The molecule has 0 amide bonds. The average Bonchev–Trinajstić information content (AvgIpc) is 2.81. The Kier molecular flexibility index (Phi) is 5.16. The van der Waals surface area contributed by atoms with Crippen LogP contribution in [0.5, 0.6) is 11.5 Å². The average molecular weight is 412 g/mol. The molecule has 0 bridgehead atoms. The molecule has 156 valence electrons. The van der Waals surface area contributed by atoms with Crippen molar-refractivity contribution >= 4 is 12.7 Å². The smallest absolute Gasteiger partial charge is 0.497 e. The zero-order valence-corrected chi connectivity index (χ0v) is 16.5. The predicted octanol–water partition coefficient (Wildman–Crippen LogP) is 2.44. The number of alkyl halides is 3. The Morgan fingerprint density at radius 1 is 1.03 bits per heavy atom. The summed E-state index contributed by atoms with van der Waals surface area (Å²) in [6.45, 7) is 7.47. The third-order valence-corrected chi connectivity index (χ3v) is 4.89. The number of aromatic nitrogens is 2. The quantitative estimate of drug-likeness (QED) is 0.719. The number of hydrogen-bond donors (Lipinski definition) is 0. The number of benzene rings is 1. The molecule has 0 radical (unpaired) electrons. The van der Waals surface area contributed by atoms with E-state index in [-0.39, 0.29) is 11.4 Å². The molecule has 1 aromatic heterocycles. The minimum atomic E-state index is -4.90. The van der Waals surface area contributed by atoms with Gasteiger partial charge in [0.2, 0.25) is 0 Å². The summed E-state index contributed by atoms with van der Waals surface area (Å²) < 4.78 is 59.6. The van der Waals surface area contributed by atoms with Crippen molar-refractivity contribution in [2.24, 2.45) is 0 Å². The Morgan fingerprint density at radius 2 is 1.62 bits per heavy atom. The van der Waals surface area contributed by atoms with E-state index in [1.165, 1.54) is 25.3 Å². The van der Waals surface area contributed by atoms with E-state index in [4.69, 9.17) is 14.0 Å². The van der Waals surface area contributed by atoms with Gasteiger partial charge in [-0.2, -0.15) is 9.78 Å². The highest BCUT2D eigenvalue weighted by molar-refractivity contribution is 6.61. The summed E-state index contributed by atoms with van der Waals surface area (Å²) in [6, 6.07) is 6.15. The predicted molar refractivity (Wildman–Crippen MR) is 98.8 cm³/mol. The first-order chi connectivity index (χ1) is 13.3. The lowest BCUT2D eigenvalue weighted by Crippen LogP contribution is -2.41. The van der Waals surface area contributed by atoms with E-state index < -0.39 is 36.0 Å². The van der Waals surface area contributed by atoms with Gasteiger partial charge in [0.05, 0.1) is 29.6 Å². The van der Waals surface area contributed by atoms with Gasteiger partial charge in [0.25, 0.3) is 5.56 Å². The zero-order chi connectivity index (χ0) is 21.6. The van der Waals surface area contributed by atoms with Crippen LogP contribution < -0.4 is 20.6 Å². The van der Waals surface area contributed by atoms with Crippen LogP contribution in [0.4, 0.5) is 13.2 Å². The number of rotatable bonds is 4. The maximum Gasteiger partial charge on any atom is 0.573 e. The Morgan fingerprint density at radius 3 is 2.17 bits per heavy atom. The second-order valence-electron chi connectivity index (χ2n) is 7.51. The van der Waals surface area contributed by atoms with Crippen molar-refractivity contribution in [3.63, 3.8) is 0 Å². The molecular formula is C18H20BF3N2O5. The maximum absolute atomic E-state index is 12.6. The van der Waals surface area contributed by atoms with Crippen LogP contribution in [-0.2, 0) is 9.31 Å². The highest BCUT2D eigenvalue weighted by atomic mass is 19.4. The molecule has 0 atom stereocenters. The minimum absolute atomic E-state index is 0.0342. The van der Waals surface area contributed by atoms with Gasteiger partial charge in [-0.25, -0.2) is 0 Å². The van der Waals surface area contributed by atoms with Crippen molar-refractivity contribution in [1.29, 1.82) is 0 Å². The van der Waals surface area contributed by atoms with Crippen LogP contribution in [0.25, 0.3) is 5.69 Å². The van der Waals surface area contributed by atoms with Gasteiger partial charge in [-0.1, -0.05) is 0 Å². The molecule has 29 heavy (non-hydrogen) atoms.